The molecule has 2 fully saturated rings. The number of likely N-dealkylation sites (tertiary alicyclic amines) is 1. The van der Waals surface area contributed by atoms with Gasteiger partial charge in [0, 0.05) is 43.9 Å². The molecule has 0 radical (unpaired) electrons. The van der Waals surface area contributed by atoms with Crippen molar-refractivity contribution >= 4 is 24.4 Å². The normalized spacial score (nSPS) is 23.9. The van der Waals surface area contributed by atoms with E-state index in [4.69, 9.17) is 9.31 Å². The fraction of sp³-hybridized carbons (Fsp3) is 0.737. The molecule has 1 amide bonds. The molecule has 0 spiro atoms. The van der Waals surface area contributed by atoms with Gasteiger partial charge in [0.25, 0.3) is 0 Å². The van der Waals surface area contributed by atoms with Gasteiger partial charge in [-0.1, -0.05) is 0 Å². The van der Waals surface area contributed by atoms with E-state index in [9.17, 15) is 4.79 Å². The fourth-order valence-electron chi connectivity index (χ4n) is 3.64. The minimum Gasteiger partial charge on any atom is -0.399 e. The zero-order chi connectivity index (χ0) is 20.0. The first-order valence-electron chi connectivity index (χ1n) is 9.73. The van der Waals surface area contributed by atoms with Crippen molar-refractivity contribution in [1.82, 2.24) is 14.9 Å². The Morgan fingerprint density at radius 3 is 2.22 bits per heavy atom. The average molecular weight is 374 g/mol. The lowest BCUT2D eigenvalue weighted by Crippen LogP contribution is -2.44. The van der Waals surface area contributed by atoms with Crippen molar-refractivity contribution in [2.75, 3.05) is 18.0 Å². The number of carbonyl (C=O) groups is 1. The maximum atomic E-state index is 11.7. The molecule has 8 heteroatoms. The second-order valence-electron chi connectivity index (χ2n) is 8.81. The summed E-state index contributed by atoms with van der Waals surface area (Å²) in [7, 11) is -0.462. The SMILES string of the molecule is CC(=O)N1CC[C@@H](N(c2ncc(B3OC(C)(C)C(C)(C)O3)cn2)C(C)C)C1. The van der Waals surface area contributed by atoms with Crippen molar-refractivity contribution in [1.29, 1.82) is 0 Å². The summed E-state index contributed by atoms with van der Waals surface area (Å²) in [6, 6.07) is 0.473. The summed E-state index contributed by atoms with van der Waals surface area (Å²) in [5, 5.41) is 0. The Balaban J connectivity index is 1.76. The monoisotopic (exact) mass is 374 g/mol. The number of anilines is 1. The molecule has 0 aromatic carbocycles. The van der Waals surface area contributed by atoms with Crippen LogP contribution in [0.25, 0.3) is 0 Å². The van der Waals surface area contributed by atoms with E-state index in [1.54, 1.807) is 19.3 Å². The van der Waals surface area contributed by atoms with E-state index in [0.717, 1.165) is 25.0 Å². The summed E-state index contributed by atoms with van der Waals surface area (Å²) < 4.78 is 12.2. The van der Waals surface area contributed by atoms with E-state index < -0.39 is 7.12 Å². The molecule has 0 saturated carbocycles. The maximum Gasteiger partial charge on any atom is 0.498 e. The summed E-state index contributed by atoms with van der Waals surface area (Å²) in [5.74, 6) is 0.805. The van der Waals surface area contributed by atoms with Gasteiger partial charge in [-0.25, -0.2) is 9.97 Å². The van der Waals surface area contributed by atoms with Gasteiger partial charge in [-0.2, -0.15) is 0 Å². The van der Waals surface area contributed by atoms with Crippen molar-refractivity contribution in [2.24, 2.45) is 0 Å². The average Bonchev–Trinajstić information content (AvgIpc) is 3.11. The van der Waals surface area contributed by atoms with Crippen molar-refractivity contribution in [3.63, 3.8) is 0 Å². The lowest BCUT2D eigenvalue weighted by atomic mass is 9.81. The quantitative estimate of drug-likeness (QED) is 0.746. The van der Waals surface area contributed by atoms with Crippen molar-refractivity contribution < 1.29 is 14.1 Å². The van der Waals surface area contributed by atoms with Gasteiger partial charge < -0.3 is 19.1 Å². The number of rotatable bonds is 4. The highest BCUT2D eigenvalue weighted by Gasteiger charge is 2.52. The summed E-state index contributed by atoms with van der Waals surface area (Å²) >= 11 is 0. The largest absolute Gasteiger partial charge is 0.498 e. The lowest BCUT2D eigenvalue weighted by Gasteiger charge is -2.32. The van der Waals surface area contributed by atoms with Gasteiger partial charge in [-0.3, -0.25) is 4.79 Å². The number of nitrogens with zero attached hydrogens (tertiary/aromatic N) is 4. The zero-order valence-corrected chi connectivity index (χ0v) is 17.5. The van der Waals surface area contributed by atoms with E-state index in [0.29, 0.717) is 5.95 Å². The third-order valence-electron chi connectivity index (χ3n) is 5.97. The van der Waals surface area contributed by atoms with Crippen LogP contribution in [-0.2, 0) is 14.1 Å². The van der Waals surface area contributed by atoms with E-state index in [-0.39, 0.29) is 29.2 Å². The van der Waals surface area contributed by atoms with Gasteiger partial charge in [-0.15, -0.1) is 0 Å². The highest BCUT2D eigenvalue weighted by atomic mass is 16.7. The van der Waals surface area contributed by atoms with Crippen LogP contribution in [0.2, 0.25) is 0 Å². The van der Waals surface area contributed by atoms with Crippen molar-refractivity contribution in [3.05, 3.63) is 12.4 Å². The second kappa shape index (κ2) is 7.06. The van der Waals surface area contributed by atoms with E-state index in [1.807, 2.05) is 32.6 Å². The summed E-state index contributed by atoms with van der Waals surface area (Å²) in [6.07, 6.45) is 4.51. The smallest absolute Gasteiger partial charge is 0.399 e. The van der Waals surface area contributed by atoms with Crippen molar-refractivity contribution in [2.45, 2.75) is 78.2 Å². The predicted octanol–water partition coefficient (Wildman–Crippen LogP) is 1.61. The summed E-state index contributed by atoms with van der Waals surface area (Å²) in [6.45, 7) is 15.5. The molecule has 2 saturated heterocycles. The number of carbonyl (C=O) groups excluding carboxylic acids is 1. The van der Waals surface area contributed by atoms with Crippen LogP contribution in [0.5, 0.6) is 0 Å². The van der Waals surface area contributed by atoms with Gasteiger partial charge in [0.2, 0.25) is 11.9 Å². The van der Waals surface area contributed by atoms with E-state index in [2.05, 4.69) is 28.7 Å². The van der Waals surface area contributed by atoms with Gasteiger partial charge in [0.15, 0.2) is 0 Å². The molecule has 1 atom stereocenters. The molecule has 0 aliphatic carbocycles. The lowest BCUT2D eigenvalue weighted by molar-refractivity contribution is -0.127. The summed E-state index contributed by atoms with van der Waals surface area (Å²) in [5.41, 5.74) is 0.0403. The Kier molecular flexibility index (Phi) is 5.25. The van der Waals surface area contributed by atoms with Crippen LogP contribution >= 0.6 is 0 Å². The van der Waals surface area contributed by atoms with Crippen LogP contribution < -0.4 is 10.4 Å². The molecule has 0 N–H and O–H groups in total. The zero-order valence-electron chi connectivity index (χ0n) is 17.5. The first kappa shape index (κ1) is 20.1. The van der Waals surface area contributed by atoms with Gasteiger partial charge >= 0.3 is 7.12 Å². The van der Waals surface area contributed by atoms with Crippen LogP contribution in [0, 0.1) is 0 Å². The van der Waals surface area contributed by atoms with Crippen LogP contribution in [0.3, 0.4) is 0 Å². The Labute approximate surface area is 162 Å². The third kappa shape index (κ3) is 3.83. The standard InChI is InChI=1S/C19H31BN4O3/c1-13(2)24(16-8-9-23(12-16)14(3)25)17-21-10-15(11-22-17)20-26-18(4,5)19(6,7)27-20/h10-11,13,16H,8-9,12H2,1-7H3/t16-/m1/s1. The number of hydrogen-bond donors (Lipinski definition) is 0. The van der Waals surface area contributed by atoms with Crippen LogP contribution in [0.15, 0.2) is 12.4 Å². The third-order valence-corrected chi connectivity index (χ3v) is 5.97. The van der Waals surface area contributed by atoms with Crippen molar-refractivity contribution in [3.8, 4) is 0 Å². The molecule has 0 unspecified atom stereocenters. The minimum atomic E-state index is -0.462. The second-order valence-corrected chi connectivity index (χ2v) is 8.81. The Morgan fingerprint density at radius 2 is 1.78 bits per heavy atom. The first-order chi connectivity index (χ1) is 12.5. The molecule has 7 nitrogen and oxygen atoms in total. The Bertz CT molecular complexity index is 677. The molecule has 148 valence electrons. The number of amides is 1. The Morgan fingerprint density at radius 1 is 1.22 bits per heavy atom. The number of hydrogen-bond acceptors (Lipinski definition) is 6. The highest BCUT2D eigenvalue weighted by molar-refractivity contribution is 6.61. The Hall–Kier alpha value is -1.67. The van der Waals surface area contributed by atoms with Crippen LogP contribution in [-0.4, -0.2) is 64.3 Å². The topological polar surface area (TPSA) is 67.8 Å². The minimum absolute atomic E-state index is 0.123. The van der Waals surface area contributed by atoms with Gasteiger partial charge in [0.05, 0.1) is 17.2 Å². The molecular weight excluding hydrogens is 343 g/mol. The molecule has 2 aliphatic rings. The van der Waals surface area contributed by atoms with E-state index in [1.165, 1.54) is 0 Å². The predicted molar refractivity (Wildman–Crippen MR) is 106 cm³/mol. The molecule has 1 aromatic rings. The molecule has 27 heavy (non-hydrogen) atoms. The highest BCUT2D eigenvalue weighted by Crippen LogP contribution is 2.36. The molecule has 3 rings (SSSR count). The molecule has 1 aromatic heterocycles. The number of aromatic nitrogens is 2. The van der Waals surface area contributed by atoms with E-state index >= 15 is 0 Å². The van der Waals surface area contributed by atoms with Gasteiger partial charge in [-0.05, 0) is 48.0 Å². The van der Waals surface area contributed by atoms with Gasteiger partial charge in [0.1, 0.15) is 0 Å². The summed E-state index contributed by atoms with van der Waals surface area (Å²) in [4.78, 5) is 25.0. The first-order valence-corrected chi connectivity index (χ1v) is 9.73. The van der Waals surface area contributed by atoms with Crippen LogP contribution in [0.4, 0.5) is 5.95 Å². The maximum absolute atomic E-state index is 11.7. The fourth-order valence-corrected chi connectivity index (χ4v) is 3.64. The van der Waals surface area contributed by atoms with Crippen LogP contribution in [0.1, 0.15) is 54.9 Å². The molecular formula is C19H31BN4O3. The molecule has 0 bridgehead atoms. The molecule has 3 heterocycles. The molecule has 2 aliphatic heterocycles.